The molecule has 1 aliphatic rings. The van der Waals surface area contributed by atoms with Gasteiger partial charge in [0.15, 0.2) is 0 Å². The van der Waals surface area contributed by atoms with Crippen LogP contribution in [0.3, 0.4) is 0 Å². The number of benzene rings is 1. The third-order valence-corrected chi connectivity index (χ3v) is 4.95. The van der Waals surface area contributed by atoms with Crippen LogP contribution >= 0.6 is 11.3 Å². The summed E-state index contributed by atoms with van der Waals surface area (Å²) in [6.07, 6.45) is 2.26. The standard InChI is InChI=1S/C16H18N2OS/c1-11-12(2)20-15(17-11)7-8-16(19)18-10-9-13-5-3-4-6-14(13)18/h3-6H,7-10H2,1-2H3. The van der Waals surface area contributed by atoms with Gasteiger partial charge in [-0.2, -0.15) is 0 Å². The van der Waals surface area contributed by atoms with Crippen molar-refractivity contribution >= 4 is 22.9 Å². The van der Waals surface area contributed by atoms with Gasteiger partial charge in [-0.25, -0.2) is 4.98 Å². The first-order chi connectivity index (χ1) is 9.65. The number of fused-ring (bicyclic) bond motifs is 1. The number of amides is 1. The molecule has 4 heteroatoms. The Hall–Kier alpha value is -1.68. The molecule has 0 saturated heterocycles. The van der Waals surface area contributed by atoms with Crippen molar-refractivity contribution in [2.24, 2.45) is 0 Å². The van der Waals surface area contributed by atoms with Gasteiger partial charge in [0.1, 0.15) is 0 Å². The Labute approximate surface area is 123 Å². The van der Waals surface area contributed by atoms with E-state index in [4.69, 9.17) is 0 Å². The van der Waals surface area contributed by atoms with E-state index < -0.39 is 0 Å². The number of nitrogens with zero attached hydrogens (tertiary/aromatic N) is 2. The molecule has 0 atom stereocenters. The minimum Gasteiger partial charge on any atom is -0.312 e. The highest BCUT2D eigenvalue weighted by molar-refractivity contribution is 7.11. The van der Waals surface area contributed by atoms with Gasteiger partial charge in [-0.05, 0) is 31.9 Å². The number of carbonyl (C=O) groups is 1. The van der Waals surface area contributed by atoms with Gasteiger partial charge in [0.2, 0.25) is 5.91 Å². The second-order valence-corrected chi connectivity index (χ2v) is 6.46. The predicted molar refractivity (Wildman–Crippen MR) is 82.4 cm³/mol. The van der Waals surface area contributed by atoms with E-state index in [1.165, 1.54) is 10.4 Å². The first kappa shape index (κ1) is 13.3. The summed E-state index contributed by atoms with van der Waals surface area (Å²) in [6.45, 7) is 4.91. The summed E-state index contributed by atoms with van der Waals surface area (Å²) in [5.74, 6) is 0.209. The quantitative estimate of drug-likeness (QED) is 0.867. The summed E-state index contributed by atoms with van der Waals surface area (Å²) in [6, 6.07) is 8.18. The number of para-hydroxylation sites is 1. The lowest BCUT2D eigenvalue weighted by atomic mass is 10.2. The molecular formula is C16H18N2OS. The Balaban J connectivity index is 1.66. The molecule has 2 aromatic rings. The molecule has 1 aromatic carbocycles. The van der Waals surface area contributed by atoms with Crippen molar-refractivity contribution in [3.8, 4) is 0 Å². The maximum Gasteiger partial charge on any atom is 0.227 e. The lowest BCUT2D eigenvalue weighted by Gasteiger charge is -2.16. The maximum atomic E-state index is 12.4. The van der Waals surface area contributed by atoms with Crippen molar-refractivity contribution in [3.05, 3.63) is 45.4 Å². The van der Waals surface area contributed by atoms with Crippen LogP contribution in [-0.4, -0.2) is 17.4 Å². The van der Waals surface area contributed by atoms with Gasteiger partial charge in [0.25, 0.3) is 0 Å². The van der Waals surface area contributed by atoms with Crippen LogP contribution in [0.15, 0.2) is 24.3 Å². The predicted octanol–water partition coefficient (Wildman–Crippen LogP) is 3.28. The van der Waals surface area contributed by atoms with Gasteiger partial charge < -0.3 is 4.90 Å². The number of anilines is 1. The van der Waals surface area contributed by atoms with E-state index in [0.29, 0.717) is 6.42 Å². The Morgan fingerprint density at radius 3 is 2.90 bits per heavy atom. The molecule has 104 valence electrons. The molecule has 0 aliphatic carbocycles. The summed E-state index contributed by atoms with van der Waals surface area (Å²) in [5.41, 5.74) is 3.45. The van der Waals surface area contributed by atoms with Crippen molar-refractivity contribution in [1.82, 2.24) is 4.98 Å². The molecule has 3 nitrogen and oxygen atoms in total. The fourth-order valence-electron chi connectivity index (χ4n) is 2.59. The van der Waals surface area contributed by atoms with Gasteiger partial charge in [-0.3, -0.25) is 4.79 Å². The molecule has 0 bridgehead atoms. The first-order valence-corrected chi connectivity index (χ1v) is 7.78. The zero-order chi connectivity index (χ0) is 14.1. The van der Waals surface area contributed by atoms with E-state index in [-0.39, 0.29) is 5.91 Å². The third kappa shape index (κ3) is 2.48. The van der Waals surface area contributed by atoms with Crippen LogP contribution in [-0.2, 0) is 17.6 Å². The highest BCUT2D eigenvalue weighted by Crippen LogP contribution is 2.28. The molecule has 2 heterocycles. The van der Waals surface area contributed by atoms with Crippen LogP contribution < -0.4 is 4.90 Å². The molecule has 0 saturated carbocycles. The molecule has 0 unspecified atom stereocenters. The Bertz CT molecular complexity index is 628. The largest absolute Gasteiger partial charge is 0.312 e. The number of rotatable bonds is 3. The van der Waals surface area contributed by atoms with E-state index in [0.717, 1.165) is 35.8 Å². The lowest BCUT2D eigenvalue weighted by molar-refractivity contribution is -0.118. The van der Waals surface area contributed by atoms with Crippen LogP contribution in [0, 0.1) is 13.8 Å². The average Bonchev–Trinajstić information content (AvgIpc) is 3.00. The van der Waals surface area contributed by atoms with Gasteiger partial charge in [0, 0.05) is 30.0 Å². The van der Waals surface area contributed by atoms with Crippen LogP contribution in [0.4, 0.5) is 5.69 Å². The molecular weight excluding hydrogens is 268 g/mol. The number of hydrogen-bond acceptors (Lipinski definition) is 3. The number of aryl methyl sites for hydroxylation is 3. The molecule has 1 aromatic heterocycles. The highest BCUT2D eigenvalue weighted by Gasteiger charge is 2.23. The fourth-order valence-corrected chi connectivity index (χ4v) is 3.53. The monoisotopic (exact) mass is 286 g/mol. The molecule has 20 heavy (non-hydrogen) atoms. The van der Waals surface area contributed by atoms with Crippen molar-refractivity contribution in [1.29, 1.82) is 0 Å². The second kappa shape index (κ2) is 5.37. The number of carbonyl (C=O) groups excluding carboxylic acids is 1. The third-order valence-electron chi connectivity index (χ3n) is 3.81. The van der Waals surface area contributed by atoms with Gasteiger partial charge in [0.05, 0.1) is 10.7 Å². The minimum absolute atomic E-state index is 0.209. The Morgan fingerprint density at radius 2 is 2.15 bits per heavy atom. The molecule has 0 fully saturated rings. The summed E-state index contributed by atoms with van der Waals surface area (Å²) in [7, 11) is 0. The van der Waals surface area contributed by atoms with Crippen molar-refractivity contribution in [3.63, 3.8) is 0 Å². The zero-order valence-corrected chi connectivity index (χ0v) is 12.7. The molecule has 0 N–H and O–H groups in total. The van der Waals surface area contributed by atoms with Gasteiger partial charge in [-0.1, -0.05) is 18.2 Å². The Kier molecular flexibility index (Phi) is 3.57. The van der Waals surface area contributed by atoms with Gasteiger partial charge in [-0.15, -0.1) is 11.3 Å². The topological polar surface area (TPSA) is 33.2 Å². The summed E-state index contributed by atoms with van der Waals surface area (Å²) in [5, 5.41) is 1.07. The molecule has 1 aliphatic heterocycles. The van der Waals surface area contributed by atoms with E-state index >= 15 is 0 Å². The maximum absolute atomic E-state index is 12.4. The summed E-state index contributed by atoms with van der Waals surface area (Å²) >= 11 is 1.70. The number of aromatic nitrogens is 1. The molecule has 0 spiro atoms. The fraction of sp³-hybridized carbons (Fsp3) is 0.375. The van der Waals surface area contributed by atoms with E-state index in [9.17, 15) is 4.79 Å². The highest BCUT2D eigenvalue weighted by atomic mass is 32.1. The summed E-state index contributed by atoms with van der Waals surface area (Å²) in [4.78, 5) is 20.0. The van der Waals surface area contributed by atoms with Gasteiger partial charge >= 0.3 is 0 Å². The Morgan fingerprint density at radius 1 is 1.35 bits per heavy atom. The van der Waals surface area contributed by atoms with E-state index in [2.05, 4.69) is 18.0 Å². The van der Waals surface area contributed by atoms with Crippen LogP contribution in [0.2, 0.25) is 0 Å². The smallest absolute Gasteiger partial charge is 0.227 e. The average molecular weight is 286 g/mol. The molecule has 1 amide bonds. The van der Waals surface area contributed by atoms with E-state index in [1.54, 1.807) is 11.3 Å². The zero-order valence-electron chi connectivity index (χ0n) is 11.8. The normalized spacial score (nSPS) is 13.6. The summed E-state index contributed by atoms with van der Waals surface area (Å²) < 4.78 is 0. The van der Waals surface area contributed by atoms with E-state index in [1.807, 2.05) is 30.0 Å². The van der Waals surface area contributed by atoms with Crippen LogP contribution in [0.25, 0.3) is 0 Å². The van der Waals surface area contributed by atoms with Crippen molar-refractivity contribution in [2.75, 3.05) is 11.4 Å². The van der Waals surface area contributed by atoms with Crippen molar-refractivity contribution in [2.45, 2.75) is 33.1 Å². The van der Waals surface area contributed by atoms with Crippen LogP contribution in [0.5, 0.6) is 0 Å². The minimum atomic E-state index is 0.209. The molecule has 3 rings (SSSR count). The number of thiazole rings is 1. The van der Waals surface area contributed by atoms with Crippen LogP contribution in [0.1, 0.15) is 27.6 Å². The molecule has 0 radical (unpaired) electrons. The number of hydrogen-bond donors (Lipinski definition) is 0. The lowest BCUT2D eigenvalue weighted by Crippen LogP contribution is -2.28. The van der Waals surface area contributed by atoms with Crippen molar-refractivity contribution < 1.29 is 4.79 Å². The first-order valence-electron chi connectivity index (χ1n) is 6.96. The SMILES string of the molecule is Cc1nc(CCC(=O)N2CCc3ccccc32)sc1C. The second-order valence-electron chi connectivity index (χ2n) is 5.17.